The summed E-state index contributed by atoms with van der Waals surface area (Å²) in [5.74, 6) is 0.521. The van der Waals surface area contributed by atoms with Crippen LogP contribution in [0.4, 0.5) is 11.4 Å². The molecule has 9 heteroatoms. The number of hydrogen-bond acceptors (Lipinski definition) is 6. The van der Waals surface area contributed by atoms with Gasteiger partial charge in [-0.2, -0.15) is 0 Å². The van der Waals surface area contributed by atoms with E-state index >= 15 is 0 Å². The normalized spacial score (nSPS) is 11.0. The van der Waals surface area contributed by atoms with Gasteiger partial charge in [-0.15, -0.1) is 11.8 Å². The van der Waals surface area contributed by atoms with E-state index in [0.717, 1.165) is 15.5 Å². The van der Waals surface area contributed by atoms with E-state index in [9.17, 15) is 13.2 Å². The molecule has 0 aliphatic rings. The van der Waals surface area contributed by atoms with Crippen molar-refractivity contribution in [2.75, 3.05) is 42.9 Å². The Hall–Kier alpha value is -2.39. The number of methoxy groups -OCH3 is 2. The Balaban J connectivity index is 2.22. The number of anilines is 2. The lowest BCUT2D eigenvalue weighted by Crippen LogP contribution is -2.37. The van der Waals surface area contributed by atoms with E-state index in [1.54, 1.807) is 36.4 Å². The highest BCUT2D eigenvalue weighted by atomic mass is 32.2. The zero-order valence-electron chi connectivity index (χ0n) is 15.6. The van der Waals surface area contributed by atoms with E-state index in [1.165, 1.54) is 26.0 Å². The maximum Gasteiger partial charge on any atom is 0.245 e. The van der Waals surface area contributed by atoms with E-state index in [2.05, 4.69) is 5.32 Å². The summed E-state index contributed by atoms with van der Waals surface area (Å²) in [7, 11) is -0.625. The number of hydrogen-bond donors (Lipinski definition) is 1. The Bertz CT molecular complexity index is 916. The minimum absolute atomic E-state index is 0.342. The minimum atomic E-state index is -3.64. The van der Waals surface area contributed by atoms with Crippen LogP contribution in [0.3, 0.4) is 0 Å². The molecule has 7 nitrogen and oxygen atoms in total. The lowest BCUT2D eigenvalue weighted by molar-refractivity contribution is -0.114. The molecular formula is C18H22N2O5S2. The molecule has 0 aromatic heterocycles. The number of carbonyl (C=O) groups excluding carboxylic acids is 1. The van der Waals surface area contributed by atoms with Crippen LogP contribution in [0.15, 0.2) is 47.4 Å². The average Bonchev–Trinajstić information content (AvgIpc) is 2.65. The second-order valence-corrected chi connectivity index (χ2v) is 8.38. The molecule has 0 heterocycles. The first kappa shape index (κ1) is 20.9. The third-order valence-electron chi connectivity index (χ3n) is 3.70. The SMILES string of the molecule is COc1ccc(NC(=O)CN(c2cccc(SC)c2)S(C)(=O)=O)cc1OC. The molecule has 0 fully saturated rings. The fourth-order valence-electron chi connectivity index (χ4n) is 2.41. The molecular weight excluding hydrogens is 388 g/mol. The molecule has 27 heavy (non-hydrogen) atoms. The van der Waals surface area contributed by atoms with Crippen LogP contribution in [0.1, 0.15) is 0 Å². The zero-order chi connectivity index (χ0) is 20.0. The maximum absolute atomic E-state index is 12.5. The lowest BCUT2D eigenvalue weighted by Gasteiger charge is -2.22. The van der Waals surface area contributed by atoms with Gasteiger partial charge in [0.15, 0.2) is 11.5 Å². The number of nitrogens with one attached hydrogen (secondary N) is 1. The summed E-state index contributed by atoms with van der Waals surface area (Å²) in [5, 5.41) is 2.68. The Labute approximate surface area is 163 Å². The van der Waals surface area contributed by atoms with Gasteiger partial charge in [-0.3, -0.25) is 9.10 Å². The monoisotopic (exact) mass is 410 g/mol. The first-order valence-corrected chi connectivity index (χ1v) is 11.0. The van der Waals surface area contributed by atoms with E-state index in [0.29, 0.717) is 22.9 Å². The van der Waals surface area contributed by atoms with Crippen molar-refractivity contribution in [1.82, 2.24) is 0 Å². The summed E-state index contributed by atoms with van der Waals surface area (Å²) in [6.07, 6.45) is 2.97. The highest BCUT2D eigenvalue weighted by Gasteiger charge is 2.21. The quantitative estimate of drug-likeness (QED) is 0.674. The highest BCUT2D eigenvalue weighted by Crippen LogP contribution is 2.30. The zero-order valence-corrected chi connectivity index (χ0v) is 17.2. The second kappa shape index (κ2) is 9.01. The summed E-state index contributed by atoms with van der Waals surface area (Å²) in [6.45, 7) is -0.342. The summed E-state index contributed by atoms with van der Waals surface area (Å²) in [5.41, 5.74) is 0.913. The van der Waals surface area contributed by atoms with E-state index in [1.807, 2.05) is 12.3 Å². The number of benzene rings is 2. The van der Waals surface area contributed by atoms with Gasteiger partial charge in [-0.1, -0.05) is 6.07 Å². The van der Waals surface area contributed by atoms with Crippen LogP contribution in [0.2, 0.25) is 0 Å². The molecule has 2 aromatic carbocycles. The standard InChI is InChI=1S/C18H22N2O5S2/c1-24-16-9-8-13(10-17(16)25-2)19-18(21)12-20(27(4,22)23)14-6-5-7-15(11-14)26-3/h5-11H,12H2,1-4H3,(H,19,21). The number of amides is 1. The van der Waals surface area contributed by atoms with Crippen molar-refractivity contribution in [3.63, 3.8) is 0 Å². The third-order valence-corrected chi connectivity index (χ3v) is 5.56. The third kappa shape index (κ3) is 5.54. The molecule has 0 radical (unpaired) electrons. The fraction of sp³-hybridized carbons (Fsp3) is 0.278. The average molecular weight is 411 g/mol. The van der Waals surface area contributed by atoms with Crippen molar-refractivity contribution in [1.29, 1.82) is 0 Å². The van der Waals surface area contributed by atoms with E-state index in [-0.39, 0.29) is 6.54 Å². The first-order valence-electron chi connectivity index (χ1n) is 7.92. The summed E-state index contributed by atoms with van der Waals surface area (Å²) in [4.78, 5) is 13.4. The molecule has 0 aliphatic carbocycles. The van der Waals surface area contributed by atoms with Gasteiger partial charge in [0.2, 0.25) is 15.9 Å². The number of rotatable bonds is 8. The van der Waals surface area contributed by atoms with Crippen molar-refractivity contribution in [2.24, 2.45) is 0 Å². The summed E-state index contributed by atoms with van der Waals surface area (Å²) >= 11 is 1.49. The predicted molar refractivity (Wildman–Crippen MR) is 109 cm³/mol. The van der Waals surface area contributed by atoms with Gasteiger partial charge in [-0.25, -0.2) is 8.42 Å². The molecule has 0 saturated heterocycles. The van der Waals surface area contributed by atoms with Crippen LogP contribution < -0.4 is 19.1 Å². The topological polar surface area (TPSA) is 84.9 Å². The summed E-state index contributed by atoms with van der Waals surface area (Å²) in [6, 6.07) is 11.9. The van der Waals surface area contributed by atoms with Gasteiger partial charge in [0.1, 0.15) is 6.54 Å². The number of sulfonamides is 1. The van der Waals surface area contributed by atoms with Crippen LogP contribution in [-0.4, -0.2) is 47.6 Å². The Morgan fingerprint density at radius 3 is 2.41 bits per heavy atom. The number of thioether (sulfide) groups is 1. The van der Waals surface area contributed by atoms with Crippen molar-refractivity contribution in [2.45, 2.75) is 4.90 Å². The molecule has 0 spiro atoms. The largest absolute Gasteiger partial charge is 0.493 e. The molecule has 1 amide bonds. The van der Waals surface area contributed by atoms with E-state index in [4.69, 9.17) is 9.47 Å². The molecule has 0 aliphatic heterocycles. The van der Waals surface area contributed by atoms with Crippen molar-refractivity contribution in [3.05, 3.63) is 42.5 Å². The van der Waals surface area contributed by atoms with Crippen LogP contribution in [0, 0.1) is 0 Å². The van der Waals surface area contributed by atoms with Gasteiger partial charge < -0.3 is 14.8 Å². The fourth-order valence-corrected chi connectivity index (χ4v) is 3.71. The van der Waals surface area contributed by atoms with Gasteiger partial charge >= 0.3 is 0 Å². The van der Waals surface area contributed by atoms with Crippen molar-refractivity contribution < 1.29 is 22.7 Å². The highest BCUT2D eigenvalue weighted by molar-refractivity contribution is 7.98. The molecule has 0 bridgehead atoms. The number of carbonyl (C=O) groups is 1. The van der Waals surface area contributed by atoms with Crippen LogP contribution in [0.5, 0.6) is 11.5 Å². The first-order chi connectivity index (χ1) is 12.8. The maximum atomic E-state index is 12.5. The van der Waals surface area contributed by atoms with Gasteiger partial charge in [0.05, 0.1) is 26.2 Å². The molecule has 0 saturated carbocycles. The molecule has 146 valence electrons. The van der Waals surface area contributed by atoms with Crippen LogP contribution in [-0.2, 0) is 14.8 Å². The Morgan fingerprint density at radius 2 is 1.81 bits per heavy atom. The van der Waals surface area contributed by atoms with Crippen molar-refractivity contribution in [3.8, 4) is 11.5 Å². The molecule has 1 N–H and O–H groups in total. The number of ether oxygens (including phenoxy) is 2. The second-order valence-electron chi connectivity index (χ2n) is 5.59. The molecule has 0 unspecified atom stereocenters. The lowest BCUT2D eigenvalue weighted by atomic mass is 10.2. The van der Waals surface area contributed by atoms with Gasteiger partial charge in [0.25, 0.3) is 0 Å². The number of nitrogens with zero attached hydrogens (tertiary/aromatic N) is 1. The Kier molecular flexibility index (Phi) is 6.98. The molecule has 2 aromatic rings. The van der Waals surface area contributed by atoms with Crippen LogP contribution >= 0.6 is 11.8 Å². The van der Waals surface area contributed by atoms with E-state index < -0.39 is 15.9 Å². The minimum Gasteiger partial charge on any atom is -0.493 e. The Morgan fingerprint density at radius 1 is 1.11 bits per heavy atom. The van der Waals surface area contributed by atoms with Crippen molar-refractivity contribution >= 4 is 39.1 Å². The predicted octanol–water partition coefficient (Wildman–Crippen LogP) is 2.83. The van der Waals surface area contributed by atoms with Gasteiger partial charge in [-0.05, 0) is 36.6 Å². The smallest absolute Gasteiger partial charge is 0.245 e. The molecule has 2 rings (SSSR count). The summed E-state index contributed by atoms with van der Waals surface area (Å²) < 4.78 is 35.8. The van der Waals surface area contributed by atoms with Gasteiger partial charge in [0, 0.05) is 16.6 Å². The molecule has 0 atom stereocenters. The van der Waals surface area contributed by atoms with Crippen LogP contribution in [0.25, 0.3) is 0 Å².